The third-order valence-electron chi connectivity index (χ3n) is 2.59. The number of halogens is 1. The largest absolute Gasteiger partial charge is 0.389 e. The van der Waals surface area contributed by atoms with Crippen molar-refractivity contribution in [3.63, 3.8) is 0 Å². The third-order valence-corrected chi connectivity index (χ3v) is 3.57. The number of hydrogen-bond donors (Lipinski definition) is 2. The number of aryl methyl sites for hydroxylation is 1. The molecule has 0 aliphatic heterocycles. The number of benzene rings is 1. The van der Waals surface area contributed by atoms with Crippen LogP contribution in [0.1, 0.15) is 27.9 Å². The first kappa shape index (κ1) is 14.5. The minimum atomic E-state index is -0.524. The van der Waals surface area contributed by atoms with Gasteiger partial charge in [-0.1, -0.05) is 23.6 Å². The molecule has 3 N–H and O–H groups in total. The van der Waals surface area contributed by atoms with Gasteiger partial charge in [-0.05, 0) is 36.2 Å². The highest BCUT2D eigenvalue weighted by atomic mass is 32.1. The Labute approximate surface area is 124 Å². The second kappa shape index (κ2) is 6.02. The molecule has 0 fully saturated rings. The van der Waals surface area contributed by atoms with Gasteiger partial charge in [-0.3, -0.25) is 4.79 Å². The molecule has 0 bridgehead atoms. The number of carbonyl (C=O) groups is 1. The van der Waals surface area contributed by atoms with Crippen LogP contribution in [0.15, 0.2) is 18.2 Å². The van der Waals surface area contributed by atoms with Gasteiger partial charge in [0, 0.05) is 11.3 Å². The number of hydrogen-bond acceptors (Lipinski definition) is 5. The number of aromatic nitrogens is 2. The van der Waals surface area contributed by atoms with Crippen LogP contribution in [0.5, 0.6) is 0 Å². The third kappa shape index (κ3) is 2.97. The predicted molar refractivity (Wildman–Crippen MR) is 79.5 cm³/mol. The molecular formula is C12H11FN4OS2. The number of nitrogens with zero attached hydrogens (tertiary/aromatic N) is 2. The van der Waals surface area contributed by atoms with E-state index in [9.17, 15) is 9.18 Å². The van der Waals surface area contributed by atoms with Crippen LogP contribution >= 0.6 is 23.8 Å². The standard InChI is InChI=1S/C12H11FN4OS2/c1-2-9-10(20-17-16-9)12(18)15-6-3-4-8(13)7(5-6)11(14)19/h3-5H,2H2,1H3,(H2,14,19)(H,15,18). The van der Waals surface area contributed by atoms with E-state index in [2.05, 4.69) is 14.9 Å². The summed E-state index contributed by atoms with van der Waals surface area (Å²) >= 11 is 5.77. The first-order chi connectivity index (χ1) is 9.52. The predicted octanol–water partition coefficient (Wildman–Crippen LogP) is 2.13. The SMILES string of the molecule is CCc1nnsc1C(=O)Nc1ccc(F)c(C(N)=S)c1. The van der Waals surface area contributed by atoms with Crippen LogP contribution in [0.4, 0.5) is 10.1 Å². The first-order valence-corrected chi connectivity index (χ1v) is 6.93. The lowest BCUT2D eigenvalue weighted by Crippen LogP contribution is -2.15. The molecule has 1 aromatic carbocycles. The van der Waals surface area contributed by atoms with E-state index in [0.29, 0.717) is 22.7 Å². The highest BCUT2D eigenvalue weighted by molar-refractivity contribution is 7.80. The van der Waals surface area contributed by atoms with Gasteiger partial charge in [0.15, 0.2) is 0 Å². The van der Waals surface area contributed by atoms with Crippen LogP contribution in [0.2, 0.25) is 0 Å². The van der Waals surface area contributed by atoms with Gasteiger partial charge >= 0.3 is 0 Å². The molecule has 0 saturated carbocycles. The summed E-state index contributed by atoms with van der Waals surface area (Å²) in [6.07, 6.45) is 0.612. The smallest absolute Gasteiger partial charge is 0.269 e. The molecule has 8 heteroatoms. The zero-order chi connectivity index (χ0) is 14.7. The van der Waals surface area contributed by atoms with Gasteiger partial charge in [-0.2, -0.15) is 0 Å². The van der Waals surface area contributed by atoms with E-state index in [-0.39, 0.29) is 16.5 Å². The molecule has 104 valence electrons. The Morgan fingerprint density at radius 3 is 2.95 bits per heavy atom. The minimum absolute atomic E-state index is 0.0627. The number of carbonyl (C=O) groups excluding carboxylic acids is 1. The van der Waals surface area contributed by atoms with Crippen molar-refractivity contribution in [1.29, 1.82) is 0 Å². The lowest BCUT2D eigenvalue weighted by atomic mass is 10.2. The maximum atomic E-state index is 13.5. The van der Waals surface area contributed by atoms with Crippen LogP contribution in [-0.2, 0) is 6.42 Å². The maximum absolute atomic E-state index is 13.5. The van der Waals surface area contributed by atoms with E-state index in [4.69, 9.17) is 18.0 Å². The van der Waals surface area contributed by atoms with E-state index in [0.717, 1.165) is 11.5 Å². The molecule has 20 heavy (non-hydrogen) atoms. The fourth-order valence-corrected chi connectivity index (χ4v) is 2.39. The number of nitrogens with two attached hydrogens (primary N) is 1. The van der Waals surface area contributed by atoms with Crippen LogP contribution < -0.4 is 11.1 Å². The van der Waals surface area contributed by atoms with Crippen LogP contribution in [0, 0.1) is 5.82 Å². The monoisotopic (exact) mass is 310 g/mol. The Morgan fingerprint density at radius 2 is 2.30 bits per heavy atom. The van der Waals surface area contributed by atoms with Crippen molar-refractivity contribution >= 4 is 40.3 Å². The van der Waals surface area contributed by atoms with Crippen molar-refractivity contribution in [3.05, 3.63) is 40.2 Å². The topological polar surface area (TPSA) is 80.9 Å². The summed E-state index contributed by atoms with van der Waals surface area (Å²) in [4.78, 5) is 12.5. The molecule has 5 nitrogen and oxygen atoms in total. The Morgan fingerprint density at radius 1 is 1.55 bits per heavy atom. The molecule has 0 spiro atoms. The number of rotatable bonds is 4. The van der Waals surface area contributed by atoms with Crippen LogP contribution in [0.25, 0.3) is 0 Å². The van der Waals surface area contributed by atoms with E-state index in [1.54, 1.807) is 0 Å². The van der Waals surface area contributed by atoms with Gasteiger partial charge in [0.05, 0.1) is 5.69 Å². The molecule has 0 aliphatic carbocycles. The van der Waals surface area contributed by atoms with Crippen LogP contribution in [-0.4, -0.2) is 20.5 Å². The summed E-state index contributed by atoms with van der Waals surface area (Å²) in [5.41, 5.74) is 6.55. The molecular weight excluding hydrogens is 299 g/mol. The summed E-state index contributed by atoms with van der Waals surface area (Å²) < 4.78 is 17.2. The number of anilines is 1. The van der Waals surface area contributed by atoms with Crippen molar-refractivity contribution in [2.75, 3.05) is 5.32 Å². The van der Waals surface area contributed by atoms with Crippen molar-refractivity contribution < 1.29 is 9.18 Å². The summed E-state index contributed by atoms with van der Waals surface area (Å²) in [5, 5.41) is 6.52. The molecule has 0 unspecified atom stereocenters. The van der Waals surface area contributed by atoms with Gasteiger partial charge in [-0.25, -0.2) is 4.39 Å². The fraction of sp³-hybridized carbons (Fsp3) is 0.167. The Balaban J connectivity index is 2.24. The molecule has 2 aromatic rings. The van der Waals surface area contributed by atoms with Crippen molar-refractivity contribution in [1.82, 2.24) is 9.59 Å². The molecule has 1 amide bonds. The summed E-state index contributed by atoms with van der Waals surface area (Å²) in [7, 11) is 0. The number of amides is 1. The molecule has 0 aliphatic rings. The van der Waals surface area contributed by atoms with E-state index in [1.807, 2.05) is 6.92 Å². The zero-order valence-electron chi connectivity index (χ0n) is 10.5. The second-order valence-corrected chi connectivity index (χ2v) is 5.11. The normalized spacial score (nSPS) is 10.3. The number of nitrogens with one attached hydrogen (secondary N) is 1. The lowest BCUT2D eigenvalue weighted by Gasteiger charge is -2.07. The Hall–Kier alpha value is -1.93. The van der Waals surface area contributed by atoms with Crippen molar-refractivity contribution in [2.24, 2.45) is 5.73 Å². The molecule has 0 atom stereocenters. The Bertz CT molecular complexity index is 671. The van der Waals surface area contributed by atoms with Gasteiger partial charge in [0.2, 0.25) is 0 Å². The first-order valence-electron chi connectivity index (χ1n) is 5.74. The van der Waals surface area contributed by atoms with Gasteiger partial charge in [-0.15, -0.1) is 5.10 Å². The average molecular weight is 310 g/mol. The van der Waals surface area contributed by atoms with E-state index < -0.39 is 5.82 Å². The summed E-state index contributed by atoms with van der Waals surface area (Å²) in [5.74, 6) is -0.860. The highest BCUT2D eigenvalue weighted by Crippen LogP contribution is 2.18. The zero-order valence-corrected chi connectivity index (χ0v) is 12.1. The summed E-state index contributed by atoms with van der Waals surface area (Å²) in [6, 6.07) is 4.04. The average Bonchev–Trinajstić information content (AvgIpc) is 2.89. The van der Waals surface area contributed by atoms with Crippen molar-refractivity contribution in [2.45, 2.75) is 13.3 Å². The minimum Gasteiger partial charge on any atom is -0.389 e. The maximum Gasteiger partial charge on any atom is 0.269 e. The van der Waals surface area contributed by atoms with Crippen molar-refractivity contribution in [3.8, 4) is 0 Å². The summed E-state index contributed by atoms with van der Waals surface area (Å²) in [6.45, 7) is 1.89. The second-order valence-electron chi connectivity index (χ2n) is 3.92. The fourth-order valence-electron chi connectivity index (χ4n) is 1.59. The molecule has 1 heterocycles. The number of thiocarbonyl (C=S) groups is 1. The molecule has 1 aromatic heterocycles. The molecule has 0 saturated heterocycles. The molecule has 2 rings (SSSR count). The molecule has 0 radical (unpaired) electrons. The van der Waals surface area contributed by atoms with Gasteiger partial charge in [0.25, 0.3) is 5.91 Å². The van der Waals surface area contributed by atoms with E-state index in [1.165, 1.54) is 18.2 Å². The van der Waals surface area contributed by atoms with Crippen LogP contribution in [0.3, 0.4) is 0 Å². The lowest BCUT2D eigenvalue weighted by molar-refractivity contribution is 0.102. The van der Waals surface area contributed by atoms with Gasteiger partial charge < -0.3 is 11.1 Å². The highest BCUT2D eigenvalue weighted by Gasteiger charge is 2.16. The van der Waals surface area contributed by atoms with Gasteiger partial charge in [0.1, 0.15) is 15.7 Å². The van der Waals surface area contributed by atoms with E-state index >= 15 is 0 Å². The quantitative estimate of drug-likeness (QED) is 0.846. The Kier molecular flexibility index (Phi) is 4.35.